The molecule has 0 unspecified atom stereocenters. The minimum Gasteiger partial charge on any atom is -0.348 e. The van der Waals surface area contributed by atoms with Crippen LogP contribution >= 0.6 is 11.3 Å². The van der Waals surface area contributed by atoms with Crippen molar-refractivity contribution in [3.05, 3.63) is 68.1 Å². The maximum atomic E-state index is 13.0. The van der Waals surface area contributed by atoms with Gasteiger partial charge < -0.3 is 10.2 Å². The summed E-state index contributed by atoms with van der Waals surface area (Å²) in [5.41, 5.74) is 3.07. The Bertz CT molecular complexity index is 1260. The first kappa shape index (κ1) is 22.8. The van der Waals surface area contributed by atoms with E-state index < -0.39 is 0 Å². The van der Waals surface area contributed by atoms with E-state index >= 15 is 0 Å². The van der Waals surface area contributed by atoms with Crippen molar-refractivity contribution in [2.45, 2.75) is 39.7 Å². The second kappa shape index (κ2) is 9.27. The van der Waals surface area contributed by atoms with E-state index in [0.717, 1.165) is 11.3 Å². The first-order valence-electron chi connectivity index (χ1n) is 10.9. The van der Waals surface area contributed by atoms with E-state index in [1.54, 1.807) is 14.0 Å². The van der Waals surface area contributed by atoms with Crippen LogP contribution in [0, 0.1) is 20.8 Å². The van der Waals surface area contributed by atoms with Gasteiger partial charge in [0.15, 0.2) is 0 Å². The van der Waals surface area contributed by atoms with Gasteiger partial charge in [0.05, 0.1) is 17.0 Å². The Morgan fingerprint density at radius 2 is 1.73 bits per heavy atom. The Morgan fingerprint density at radius 1 is 1.06 bits per heavy atom. The second-order valence-electron chi connectivity index (χ2n) is 8.35. The van der Waals surface area contributed by atoms with Gasteiger partial charge in [-0.15, -0.1) is 11.3 Å². The van der Waals surface area contributed by atoms with Crippen molar-refractivity contribution >= 4 is 23.2 Å². The van der Waals surface area contributed by atoms with Crippen LogP contribution in [0.2, 0.25) is 0 Å². The molecule has 2 aromatic heterocycles. The molecule has 8 nitrogen and oxygen atoms in total. The molecule has 172 valence electrons. The largest absolute Gasteiger partial charge is 0.348 e. The molecule has 0 radical (unpaired) electrons. The van der Waals surface area contributed by atoms with Crippen molar-refractivity contribution in [3.8, 4) is 10.6 Å². The molecule has 0 atom stereocenters. The van der Waals surface area contributed by atoms with E-state index in [1.807, 2.05) is 49.1 Å². The zero-order valence-electron chi connectivity index (χ0n) is 19.2. The monoisotopic (exact) mass is 465 g/mol. The second-order valence-corrected chi connectivity index (χ2v) is 9.35. The summed E-state index contributed by atoms with van der Waals surface area (Å²) in [7, 11) is 1.61. The molecule has 1 aromatic carbocycles. The molecule has 0 aliphatic carbocycles. The average molecular weight is 466 g/mol. The summed E-state index contributed by atoms with van der Waals surface area (Å²) in [6.45, 7) is 6.67. The van der Waals surface area contributed by atoms with Gasteiger partial charge in [-0.05, 0) is 51.3 Å². The molecule has 0 saturated carbocycles. The zero-order chi connectivity index (χ0) is 23.7. The Morgan fingerprint density at radius 3 is 2.39 bits per heavy atom. The third-order valence-corrected chi connectivity index (χ3v) is 7.25. The number of nitrogens with zero attached hydrogens (tertiary/aromatic N) is 4. The fraction of sp³-hybridized carbons (Fsp3) is 0.375. The summed E-state index contributed by atoms with van der Waals surface area (Å²) in [6, 6.07) is 9.23. The van der Waals surface area contributed by atoms with Crippen LogP contribution in [0.15, 0.2) is 35.1 Å². The Balaban J connectivity index is 1.44. The van der Waals surface area contributed by atoms with Crippen LogP contribution in [-0.4, -0.2) is 50.6 Å². The predicted molar refractivity (Wildman–Crippen MR) is 128 cm³/mol. The van der Waals surface area contributed by atoms with Crippen molar-refractivity contribution in [3.63, 3.8) is 0 Å². The van der Waals surface area contributed by atoms with E-state index in [1.165, 1.54) is 16.0 Å². The first-order chi connectivity index (χ1) is 15.8. The summed E-state index contributed by atoms with van der Waals surface area (Å²) in [5.74, 6) is -0.169. The van der Waals surface area contributed by atoms with E-state index in [2.05, 4.69) is 15.4 Å². The maximum Gasteiger partial charge on any atom is 0.277 e. The van der Waals surface area contributed by atoms with Crippen LogP contribution in [0.5, 0.6) is 0 Å². The first-order valence-corrected chi connectivity index (χ1v) is 11.8. The molecule has 1 aliphatic rings. The van der Waals surface area contributed by atoms with Crippen LogP contribution in [0.4, 0.5) is 0 Å². The number of thiazole rings is 1. The van der Waals surface area contributed by atoms with Gasteiger partial charge in [0.25, 0.3) is 17.4 Å². The number of carbonyl (C=O) groups excluding carboxylic acids is 2. The molecule has 1 saturated heterocycles. The van der Waals surface area contributed by atoms with Gasteiger partial charge in [0.1, 0.15) is 9.88 Å². The molecule has 3 heterocycles. The highest BCUT2D eigenvalue weighted by Crippen LogP contribution is 2.29. The van der Waals surface area contributed by atoms with Gasteiger partial charge in [-0.1, -0.05) is 18.2 Å². The fourth-order valence-electron chi connectivity index (χ4n) is 4.06. The lowest BCUT2D eigenvalue weighted by Gasteiger charge is -2.32. The Hall–Kier alpha value is -3.33. The van der Waals surface area contributed by atoms with Crippen molar-refractivity contribution in [1.82, 2.24) is 25.0 Å². The Kier molecular flexibility index (Phi) is 6.42. The number of rotatable bonds is 4. The number of aromatic nitrogens is 3. The SMILES string of the molecule is Cc1nc(-c2c(C)c(C)nn(C)c2=O)sc1C(=O)NC1CCN(C(=O)c2ccccc2)CC1. The van der Waals surface area contributed by atoms with Crippen LogP contribution in [0.25, 0.3) is 10.6 Å². The van der Waals surface area contributed by atoms with Crippen molar-refractivity contribution in [2.24, 2.45) is 7.05 Å². The van der Waals surface area contributed by atoms with Crippen LogP contribution < -0.4 is 10.9 Å². The topological polar surface area (TPSA) is 97.2 Å². The molecule has 0 bridgehead atoms. The lowest BCUT2D eigenvalue weighted by molar-refractivity contribution is 0.0698. The summed E-state index contributed by atoms with van der Waals surface area (Å²) in [4.78, 5) is 45.2. The Labute approximate surface area is 196 Å². The average Bonchev–Trinajstić information content (AvgIpc) is 3.20. The lowest BCUT2D eigenvalue weighted by atomic mass is 10.0. The minimum atomic E-state index is -0.228. The van der Waals surface area contributed by atoms with Gasteiger partial charge in [-0.2, -0.15) is 5.10 Å². The summed E-state index contributed by atoms with van der Waals surface area (Å²) < 4.78 is 1.30. The van der Waals surface area contributed by atoms with Crippen molar-refractivity contribution in [2.75, 3.05) is 13.1 Å². The molecule has 1 fully saturated rings. The standard InChI is InChI=1S/C24H27N5O3S/c1-14-15(2)27-28(4)24(32)19(14)22-25-16(3)20(33-22)21(30)26-18-10-12-29(13-11-18)23(31)17-8-6-5-7-9-17/h5-9,18H,10-13H2,1-4H3,(H,26,30). The predicted octanol–water partition coefficient (Wildman–Crippen LogP) is 2.86. The number of hydrogen-bond acceptors (Lipinski definition) is 6. The van der Waals surface area contributed by atoms with Crippen molar-refractivity contribution < 1.29 is 9.59 Å². The fourth-order valence-corrected chi connectivity index (χ4v) is 5.12. The molecular weight excluding hydrogens is 438 g/mol. The molecule has 4 rings (SSSR count). The third-order valence-electron chi connectivity index (χ3n) is 6.08. The number of piperidine rings is 1. The highest BCUT2D eigenvalue weighted by molar-refractivity contribution is 7.17. The highest BCUT2D eigenvalue weighted by Gasteiger charge is 2.27. The number of amides is 2. The van der Waals surface area contributed by atoms with Gasteiger partial charge in [-0.3, -0.25) is 14.4 Å². The van der Waals surface area contributed by atoms with Crippen LogP contribution in [-0.2, 0) is 7.05 Å². The summed E-state index contributed by atoms with van der Waals surface area (Å²) in [6.07, 6.45) is 1.39. The molecule has 9 heteroatoms. The van der Waals surface area contributed by atoms with E-state index in [-0.39, 0.29) is 23.4 Å². The van der Waals surface area contributed by atoms with Gasteiger partial charge in [0, 0.05) is 31.7 Å². The molecule has 33 heavy (non-hydrogen) atoms. The maximum absolute atomic E-state index is 13.0. The quantitative estimate of drug-likeness (QED) is 0.639. The number of likely N-dealkylation sites (tertiary alicyclic amines) is 1. The number of carbonyl (C=O) groups is 2. The van der Waals surface area contributed by atoms with E-state index in [4.69, 9.17) is 0 Å². The van der Waals surface area contributed by atoms with Crippen LogP contribution in [0.1, 0.15) is 49.8 Å². The molecule has 3 aromatic rings. The summed E-state index contributed by atoms with van der Waals surface area (Å²) >= 11 is 1.23. The molecule has 1 N–H and O–H groups in total. The lowest BCUT2D eigenvalue weighted by Crippen LogP contribution is -2.46. The molecular formula is C24H27N5O3S. The van der Waals surface area contributed by atoms with Crippen LogP contribution in [0.3, 0.4) is 0 Å². The number of aryl methyl sites for hydroxylation is 3. The number of benzene rings is 1. The van der Waals surface area contributed by atoms with E-state index in [0.29, 0.717) is 52.6 Å². The number of nitrogens with one attached hydrogen (secondary N) is 1. The number of hydrogen-bond donors (Lipinski definition) is 1. The highest BCUT2D eigenvalue weighted by atomic mass is 32.1. The van der Waals surface area contributed by atoms with Gasteiger partial charge in [-0.25, -0.2) is 9.67 Å². The molecule has 0 spiro atoms. The molecule has 2 amide bonds. The minimum absolute atomic E-state index is 0.0138. The van der Waals surface area contributed by atoms with Gasteiger partial charge >= 0.3 is 0 Å². The van der Waals surface area contributed by atoms with Crippen molar-refractivity contribution in [1.29, 1.82) is 0 Å². The summed E-state index contributed by atoms with van der Waals surface area (Å²) in [5, 5.41) is 7.83. The third kappa shape index (κ3) is 4.59. The van der Waals surface area contributed by atoms with E-state index in [9.17, 15) is 14.4 Å². The smallest absolute Gasteiger partial charge is 0.277 e. The van der Waals surface area contributed by atoms with Gasteiger partial charge in [0.2, 0.25) is 0 Å². The normalized spacial score (nSPS) is 14.4. The molecule has 1 aliphatic heterocycles. The zero-order valence-corrected chi connectivity index (χ0v) is 20.0.